The summed E-state index contributed by atoms with van der Waals surface area (Å²) in [5.74, 6) is 0.221. The van der Waals surface area contributed by atoms with Gasteiger partial charge in [-0.15, -0.1) is 11.3 Å². The maximum absolute atomic E-state index is 13.4. The van der Waals surface area contributed by atoms with Crippen LogP contribution in [0.4, 0.5) is 0 Å². The predicted molar refractivity (Wildman–Crippen MR) is 141 cm³/mol. The summed E-state index contributed by atoms with van der Waals surface area (Å²) in [5, 5.41) is 2.17. The molecule has 0 radical (unpaired) electrons. The van der Waals surface area contributed by atoms with Gasteiger partial charge in [0, 0.05) is 43.2 Å². The van der Waals surface area contributed by atoms with Crippen molar-refractivity contribution in [2.24, 2.45) is 0 Å². The maximum atomic E-state index is 13.4. The molecule has 0 unspecified atom stereocenters. The van der Waals surface area contributed by atoms with E-state index in [4.69, 9.17) is 0 Å². The zero-order valence-corrected chi connectivity index (χ0v) is 21.2. The normalized spacial score (nSPS) is 18.7. The fourth-order valence-corrected chi connectivity index (χ4v) is 6.18. The van der Waals surface area contributed by atoms with Gasteiger partial charge in [-0.3, -0.25) is 14.5 Å². The number of carbonyl (C=O) groups is 2. The second kappa shape index (κ2) is 10.8. The second-order valence-electron chi connectivity index (χ2n) is 9.41. The van der Waals surface area contributed by atoms with Crippen molar-refractivity contribution in [2.75, 3.05) is 39.3 Å². The number of nitrogens with zero attached hydrogens (tertiary/aromatic N) is 3. The molecule has 1 saturated heterocycles. The van der Waals surface area contributed by atoms with Crippen molar-refractivity contribution < 1.29 is 9.59 Å². The fourth-order valence-electron chi connectivity index (χ4n) is 5.27. The molecule has 1 fully saturated rings. The van der Waals surface area contributed by atoms with Gasteiger partial charge in [0.15, 0.2) is 0 Å². The number of amides is 2. The van der Waals surface area contributed by atoms with Gasteiger partial charge in [-0.05, 0) is 59.5 Å². The number of carbonyl (C=O) groups excluding carboxylic acids is 2. The summed E-state index contributed by atoms with van der Waals surface area (Å²) < 4.78 is 0. The molecule has 0 bridgehead atoms. The van der Waals surface area contributed by atoms with Gasteiger partial charge in [0.2, 0.25) is 5.91 Å². The summed E-state index contributed by atoms with van der Waals surface area (Å²) in [4.78, 5) is 34.1. The van der Waals surface area contributed by atoms with E-state index in [0.717, 1.165) is 31.4 Å². The first-order valence-corrected chi connectivity index (χ1v) is 13.5. The van der Waals surface area contributed by atoms with Gasteiger partial charge in [-0.1, -0.05) is 49.4 Å². The van der Waals surface area contributed by atoms with Gasteiger partial charge in [-0.2, -0.15) is 0 Å². The van der Waals surface area contributed by atoms with Gasteiger partial charge in [0.05, 0.1) is 12.6 Å². The zero-order chi connectivity index (χ0) is 24.2. The molecule has 1 atom stereocenters. The van der Waals surface area contributed by atoms with Crippen molar-refractivity contribution in [2.45, 2.75) is 32.2 Å². The van der Waals surface area contributed by atoms with Gasteiger partial charge in [0.1, 0.15) is 0 Å². The van der Waals surface area contributed by atoms with E-state index < -0.39 is 0 Å². The van der Waals surface area contributed by atoms with Crippen molar-refractivity contribution in [3.8, 4) is 0 Å². The monoisotopic (exact) mass is 487 g/mol. The molecule has 1 aromatic heterocycles. The predicted octanol–water partition coefficient (Wildman–Crippen LogP) is 4.63. The molecule has 0 aliphatic carbocycles. The highest BCUT2D eigenvalue weighted by Crippen LogP contribution is 2.37. The summed E-state index contributed by atoms with van der Waals surface area (Å²) in [6.07, 6.45) is 2.76. The minimum atomic E-state index is 0.0621. The van der Waals surface area contributed by atoms with Crippen LogP contribution in [0.5, 0.6) is 0 Å². The van der Waals surface area contributed by atoms with E-state index in [1.807, 2.05) is 51.5 Å². The maximum Gasteiger partial charge on any atom is 0.253 e. The first kappa shape index (κ1) is 23.8. The molecule has 0 spiro atoms. The van der Waals surface area contributed by atoms with E-state index in [1.54, 1.807) is 0 Å². The van der Waals surface area contributed by atoms with E-state index in [9.17, 15) is 9.59 Å². The molecule has 5 nitrogen and oxygen atoms in total. The summed E-state index contributed by atoms with van der Waals surface area (Å²) in [7, 11) is 0. The highest BCUT2D eigenvalue weighted by atomic mass is 32.1. The third kappa shape index (κ3) is 5.19. The lowest BCUT2D eigenvalue weighted by Crippen LogP contribution is -2.45. The smallest absolute Gasteiger partial charge is 0.253 e. The topological polar surface area (TPSA) is 43.9 Å². The van der Waals surface area contributed by atoms with Crippen LogP contribution in [0.3, 0.4) is 0 Å². The highest BCUT2D eigenvalue weighted by Gasteiger charge is 2.32. The van der Waals surface area contributed by atoms with Crippen molar-refractivity contribution in [3.05, 3.63) is 93.2 Å². The van der Waals surface area contributed by atoms with E-state index >= 15 is 0 Å². The van der Waals surface area contributed by atoms with Gasteiger partial charge >= 0.3 is 0 Å². The SMILES string of the molecule is CCc1ccc(C(=O)N2CCCN(C(=O)CN3CCc4sccc4[C@H]3c3ccccc3)CC2)cc1. The molecule has 182 valence electrons. The van der Waals surface area contributed by atoms with Crippen molar-refractivity contribution in [1.29, 1.82) is 0 Å². The van der Waals surface area contributed by atoms with Crippen molar-refractivity contribution in [1.82, 2.24) is 14.7 Å². The van der Waals surface area contributed by atoms with Crippen LogP contribution < -0.4 is 0 Å². The quantitative estimate of drug-likeness (QED) is 0.527. The van der Waals surface area contributed by atoms with Gasteiger partial charge < -0.3 is 9.80 Å². The largest absolute Gasteiger partial charge is 0.340 e. The number of aryl methyl sites for hydroxylation is 1. The average molecular weight is 488 g/mol. The van der Waals surface area contributed by atoms with Crippen LogP contribution in [0, 0.1) is 0 Å². The zero-order valence-electron chi connectivity index (χ0n) is 20.4. The molecular weight excluding hydrogens is 454 g/mol. The van der Waals surface area contributed by atoms with Crippen molar-refractivity contribution >= 4 is 23.2 Å². The standard InChI is InChI=1S/C29H33N3O2S/c1-2-22-9-11-24(12-10-22)29(34)31-16-6-15-30(18-19-31)27(33)21-32-17-13-26-25(14-20-35-26)28(32)23-7-4-3-5-8-23/h3-5,7-12,14,20,28H,2,6,13,15-19,21H2,1H3/t28-/m1/s1. The van der Waals surface area contributed by atoms with Gasteiger partial charge in [0.25, 0.3) is 5.91 Å². The lowest BCUT2D eigenvalue weighted by atomic mass is 9.93. The Balaban J connectivity index is 1.25. The third-order valence-electron chi connectivity index (χ3n) is 7.26. The molecule has 0 saturated carbocycles. The number of hydrogen-bond donors (Lipinski definition) is 0. The Morgan fingerprint density at radius 1 is 0.886 bits per heavy atom. The number of hydrogen-bond acceptors (Lipinski definition) is 4. The van der Waals surface area contributed by atoms with E-state index in [1.165, 1.54) is 21.6 Å². The molecule has 2 amide bonds. The molecule has 5 rings (SSSR count). The molecule has 3 aromatic rings. The molecule has 6 heteroatoms. The van der Waals surface area contributed by atoms with E-state index in [0.29, 0.717) is 32.7 Å². The Morgan fingerprint density at radius 2 is 1.63 bits per heavy atom. The highest BCUT2D eigenvalue weighted by molar-refractivity contribution is 7.10. The molecule has 2 aliphatic heterocycles. The Kier molecular flexibility index (Phi) is 7.30. The lowest BCUT2D eigenvalue weighted by molar-refractivity contribution is -0.132. The van der Waals surface area contributed by atoms with Crippen LogP contribution in [0.2, 0.25) is 0 Å². The fraction of sp³-hybridized carbons (Fsp3) is 0.379. The Labute approximate surface area is 212 Å². The van der Waals surface area contributed by atoms with Crippen molar-refractivity contribution in [3.63, 3.8) is 0 Å². The summed E-state index contributed by atoms with van der Waals surface area (Å²) >= 11 is 1.82. The minimum absolute atomic E-state index is 0.0621. The van der Waals surface area contributed by atoms with Crippen LogP contribution >= 0.6 is 11.3 Å². The van der Waals surface area contributed by atoms with Crippen LogP contribution in [-0.2, 0) is 17.6 Å². The second-order valence-corrected chi connectivity index (χ2v) is 10.4. The summed E-state index contributed by atoms with van der Waals surface area (Å²) in [6.45, 7) is 5.95. The minimum Gasteiger partial charge on any atom is -0.340 e. The molecule has 3 heterocycles. The van der Waals surface area contributed by atoms with Crippen LogP contribution in [0.1, 0.15) is 51.3 Å². The number of benzene rings is 2. The molecule has 0 N–H and O–H groups in total. The first-order chi connectivity index (χ1) is 17.1. The Hall–Kier alpha value is -2.96. The average Bonchev–Trinajstić information content (AvgIpc) is 3.24. The van der Waals surface area contributed by atoms with Gasteiger partial charge in [-0.25, -0.2) is 0 Å². The van der Waals surface area contributed by atoms with Crippen LogP contribution in [0.25, 0.3) is 0 Å². The first-order valence-electron chi connectivity index (χ1n) is 12.7. The molecule has 2 aliphatic rings. The summed E-state index contributed by atoms with van der Waals surface area (Å²) in [6, 6.07) is 20.8. The Morgan fingerprint density at radius 3 is 2.40 bits per heavy atom. The van der Waals surface area contributed by atoms with Crippen LogP contribution in [0.15, 0.2) is 66.0 Å². The lowest BCUT2D eigenvalue weighted by Gasteiger charge is -2.37. The Bertz CT molecular complexity index is 1160. The number of fused-ring (bicyclic) bond motifs is 1. The van der Waals surface area contributed by atoms with E-state index in [-0.39, 0.29) is 17.9 Å². The molecule has 2 aromatic carbocycles. The number of rotatable bonds is 5. The van der Waals surface area contributed by atoms with Crippen LogP contribution in [-0.4, -0.2) is 65.8 Å². The molecule has 35 heavy (non-hydrogen) atoms. The molecular formula is C29H33N3O2S. The summed E-state index contributed by atoms with van der Waals surface area (Å²) in [5.41, 5.74) is 4.53. The number of thiophene rings is 1. The third-order valence-corrected chi connectivity index (χ3v) is 8.26. The van der Waals surface area contributed by atoms with E-state index in [2.05, 4.69) is 47.5 Å².